The standard InChI is InChI=1S/C18H9F11N/c1-4(2)30(15-13(25)11(23)10(22)12(24)14(15)26)18(29)16(27)7-5(8(20)17(18)28)3-6(19)9(7)21/h3-4,16H,1-2H3. The Hall–Kier alpha value is -2.53. The molecule has 0 bridgehead atoms. The van der Waals surface area contributed by atoms with E-state index in [2.05, 4.69) is 0 Å². The van der Waals surface area contributed by atoms with Crippen molar-refractivity contribution in [2.24, 2.45) is 0 Å². The highest BCUT2D eigenvalue weighted by molar-refractivity contribution is 5.66. The fraction of sp³-hybridized carbons (Fsp3) is 0.278. The minimum absolute atomic E-state index is 0.0316. The number of hydrogen-bond donors (Lipinski definition) is 0. The molecule has 0 aliphatic heterocycles. The second kappa shape index (κ2) is 7.02. The molecule has 0 heterocycles. The molecule has 2 aliphatic carbocycles. The maximum Gasteiger partial charge on any atom is 0.273 e. The third-order valence-electron chi connectivity index (χ3n) is 4.63. The summed E-state index contributed by atoms with van der Waals surface area (Å²) in [6, 6.07) is -1.77. The largest absolute Gasteiger partial charge is 0.324 e. The number of benzene rings is 1. The van der Waals surface area contributed by atoms with Gasteiger partial charge < -0.3 is 4.90 Å². The van der Waals surface area contributed by atoms with E-state index in [0.717, 1.165) is 13.8 Å². The summed E-state index contributed by atoms with van der Waals surface area (Å²) in [5, 5.41) is 0. The molecule has 12 heteroatoms. The van der Waals surface area contributed by atoms with Crippen LogP contribution < -0.4 is 4.90 Å². The van der Waals surface area contributed by atoms with E-state index < -0.39 is 92.1 Å². The fourth-order valence-corrected chi connectivity index (χ4v) is 3.35. The number of allylic oxidation sites excluding steroid dienone is 4. The van der Waals surface area contributed by atoms with Crippen LogP contribution in [0.5, 0.6) is 0 Å². The minimum atomic E-state index is -4.62. The van der Waals surface area contributed by atoms with Crippen LogP contribution in [0.2, 0.25) is 0 Å². The molecule has 0 N–H and O–H groups in total. The Morgan fingerprint density at radius 3 is 1.73 bits per heavy atom. The normalized spacial score (nSPS) is 24.4. The number of anilines is 1. The van der Waals surface area contributed by atoms with Gasteiger partial charge in [-0.25, -0.2) is 48.3 Å². The summed E-state index contributed by atoms with van der Waals surface area (Å²) in [6.07, 6.45) is -3.61. The molecule has 163 valence electrons. The van der Waals surface area contributed by atoms with Gasteiger partial charge in [-0.15, -0.1) is 0 Å². The van der Waals surface area contributed by atoms with Gasteiger partial charge >= 0.3 is 0 Å². The molecule has 2 aliphatic rings. The summed E-state index contributed by atoms with van der Waals surface area (Å²) in [6.45, 7) is 1.66. The number of halogens is 11. The molecule has 3 rings (SSSR count). The van der Waals surface area contributed by atoms with Crippen LogP contribution in [0.15, 0.2) is 34.5 Å². The van der Waals surface area contributed by atoms with Crippen molar-refractivity contribution in [2.45, 2.75) is 31.9 Å². The predicted molar refractivity (Wildman–Crippen MR) is 82.4 cm³/mol. The third-order valence-corrected chi connectivity index (χ3v) is 4.63. The average molecular weight is 448 g/mol. The quantitative estimate of drug-likeness (QED) is 0.223. The first-order chi connectivity index (χ1) is 13.8. The summed E-state index contributed by atoms with van der Waals surface area (Å²) >= 11 is 0. The van der Waals surface area contributed by atoms with E-state index >= 15 is 4.39 Å². The highest BCUT2D eigenvalue weighted by Crippen LogP contribution is 2.54. The number of alkyl halides is 2. The van der Waals surface area contributed by atoms with Crippen LogP contribution in [0.4, 0.5) is 54.0 Å². The molecule has 0 fully saturated rings. The Bertz CT molecular complexity index is 1010. The Balaban J connectivity index is 2.34. The zero-order chi connectivity index (χ0) is 22.9. The van der Waals surface area contributed by atoms with Crippen LogP contribution in [0.25, 0.3) is 0 Å². The first kappa shape index (κ1) is 22.2. The van der Waals surface area contributed by atoms with Gasteiger partial charge in [-0.3, -0.25) is 0 Å². The summed E-state index contributed by atoms with van der Waals surface area (Å²) in [7, 11) is 0. The lowest BCUT2D eigenvalue weighted by atomic mass is 9.87. The Kier molecular flexibility index (Phi) is 5.18. The second-order valence-corrected chi connectivity index (χ2v) is 6.68. The molecule has 0 aromatic heterocycles. The zero-order valence-corrected chi connectivity index (χ0v) is 14.8. The highest BCUT2D eigenvalue weighted by atomic mass is 19.2. The van der Waals surface area contributed by atoms with Crippen molar-refractivity contribution in [1.29, 1.82) is 0 Å². The van der Waals surface area contributed by atoms with Crippen LogP contribution in [0.3, 0.4) is 0 Å². The molecular formula is C18H9F11N. The maximum atomic E-state index is 15.7. The van der Waals surface area contributed by atoms with Crippen LogP contribution in [-0.2, 0) is 0 Å². The van der Waals surface area contributed by atoms with E-state index in [1.807, 2.05) is 0 Å². The fourth-order valence-electron chi connectivity index (χ4n) is 3.35. The molecule has 1 radical (unpaired) electrons. The van der Waals surface area contributed by atoms with Crippen molar-refractivity contribution < 1.29 is 48.3 Å². The van der Waals surface area contributed by atoms with E-state index in [9.17, 15) is 43.9 Å². The summed E-state index contributed by atoms with van der Waals surface area (Å²) < 4.78 is 156. The van der Waals surface area contributed by atoms with E-state index in [-0.39, 0.29) is 6.42 Å². The Morgan fingerprint density at radius 2 is 1.27 bits per heavy atom. The monoisotopic (exact) mass is 448 g/mol. The van der Waals surface area contributed by atoms with Crippen molar-refractivity contribution >= 4 is 5.69 Å². The summed E-state index contributed by atoms with van der Waals surface area (Å²) in [5.74, 6) is -26.7. The molecule has 1 aromatic carbocycles. The summed E-state index contributed by atoms with van der Waals surface area (Å²) in [5.41, 5.74) is -5.10. The van der Waals surface area contributed by atoms with Crippen molar-refractivity contribution in [1.82, 2.24) is 0 Å². The van der Waals surface area contributed by atoms with Gasteiger partial charge in [-0.2, -0.15) is 0 Å². The first-order valence-electron chi connectivity index (χ1n) is 8.12. The lowest BCUT2D eigenvalue weighted by Crippen LogP contribution is -2.58. The third kappa shape index (κ3) is 2.68. The van der Waals surface area contributed by atoms with Crippen molar-refractivity contribution in [3.05, 3.63) is 70.0 Å². The molecule has 1 aromatic rings. The van der Waals surface area contributed by atoms with Gasteiger partial charge in [0.15, 0.2) is 46.9 Å². The Morgan fingerprint density at radius 1 is 0.800 bits per heavy atom. The van der Waals surface area contributed by atoms with E-state index in [1.165, 1.54) is 0 Å². The van der Waals surface area contributed by atoms with Crippen LogP contribution in [0, 0.1) is 35.5 Å². The molecule has 0 amide bonds. The van der Waals surface area contributed by atoms with Gasteiger partial charge in [0, 0.05) is 17.2 Å². The van der Waals surface area contributed by atoms with Crippen molar-refractivity contribution in [2.75, 3.05) is 4.90 Å². The van der Waals surface area contributed by atoms with Crippen molar-refractivity contribution in [3.8, 4) is 0 Å². The topological polar surface area (TPSA) is 3.24 Å². The van der Waals surface area contributed by atoms with Gasteiger partial charge in [0.2, 0.25) is 5.82 Å². The first-order valence-corrected chi connectivity index (χ1v) is 8.12. The van der Waals surface area contributed by atoms with Gasteiger partial charge in [-0.1, -0.05) is 0 Å². The lowest BCUT2D eigenvalue weighted by Gasteiger charge is -2.44. The van der Waals surface area contributed by atoms with Gasteiger partial charge in [-0.05, 0) is 13.8 Å². The van der Waals surface area contributed by atoms with Gasteiger partial charge in [0.1, 0.15) is 11.5 Å². The lowest BCUT2D eigenvalue weighted by molar-refractivity contribution is 0.0624. The van der Waals surface area contributed by atoms with Gasteiger partial charge in [0.05, 0.1) is 6.42 Å². The number of nitrogens with zero attached hydrogens (tertiary/aromatic N) is 1. The average Bonchev–Trinajstić information content (AvgIpc) is 2.99. The van der Waals surface area contributed by atoms with Crippen LogP contribution in [-0.4, -0.2) is 18.0 Å². The molecule has 0 saturated carbocycles. The van der Waals surface area contributed by atoms with Gasteiger partial charge in [0.25, 0.3) is 5.79 Å². The van der Waals surface area contributed by atoms with E-state index in [1.54, 1.807) is 0 Å². The SMILES string of the molecule is CC(C)N(c1c(F)c(F)c(F)c(F)c1F)C1(F)C(F)=C(F)C2=C(C(F)=C(F)[CH]2)C1F. The number of rotatable bonds is 3. The predicted octanol–water partition coefficient (Wildman–Crippen LogP) is 6.43. The van der Waals surface area contributed by atoms with E-state index in [0.29, 0.717) is 0 Å². The maximum absolute atomic E-state index is 15.7. The smallest absolute Gasteiger partial charge is 0.273 e. The van der Waals surface area contributed by atoms with Crippen LogP contribution >= 0.6 is 0 Å². The van der Waals surface area contributed by atoms with Crippen molar-refractivity contribution in [3.63, 3.8) is 0 Å². The minimum Gasteiger partial charge on any atom is -0.324 e. The highest BCUT2D eigenvalue weighted by Gasteiger charge is 2.61. The zero-order valence-electron chi connectivity index (χ0n) is 14.8. The molecular weight excluding hydrogens is 439 g/mol. The van der Waals surface area contributed by atoms with Crippen LogP contribution in [0.1, 0.15) is 13.8 Å². The molecule has 2 atom stereocenters. The molecule has 0 spiro atoms. The Labute approximate surface area is 161 Å². The second-order valence-electron chi connectivity index (χ2n) is 6.68. The molecule has 0 saturated heterocycles. The molecule has 1 nitrogen and oxygen atoms in total. The molecule has 30 heavy (non-hydrogen) atoms. The summed E-state index contributed by atoms with van der Waals surface area (Å²) in [4.78, 5) is -0.587. The van der Waals surface area contributed by atoms with E-state index in [4.69, 9.17) is 0 Å². The molecule has 2 unspecified atom stereocenters. The number of hydrogen-bond acceptors (Lipinski definition) is 1.